The van der Waals surface area contributed by atoms with Gasteiger partial charge in [-0.25, -0.2) is 0 Å². The number of nitrogens with zero attached hydrogens (tertiary/aromatic N) is 2. The molecule has 1 aromatic rings. The number of carbonyl (C=O) groups excluding carboxylic acids is 1. The molecule has 1 amide bonds. The van der Waals surface area contributed by atoms with Gasteiger partial charge in [-0.05, 0) is 31.5 Å². The van der Waals surface area contributed by atoms with E-state index in [0.29, 0.717) is 6.54 Å². The van der Waals surface area contributed by atoms with Gasteiger partial charge in [0, 0.05) is 39.8 Å². The molecule has 0 radical (unpaired) electrons. The molecule has 1 aliphatic rings. The molecule has 1 aromatic carbocycles. The van der Waals surface area contributed by atoms with Gasteiger partial charge in [-0.15, -0.1) is 0 Å². The van der Waals surface area contributed by atoms with Crippen LogP contribution in [0.1, 0.15) is 25.5 Å². The van der Waals surface area contributed by atoms with E-state index >= 15 is 0 Å². The molecule has 22 heavy (non-hydrogen) atoms. The standard InChI is InChI=1S/C17H27N3O2/c1-13(2)22-15-7-5-14(6-8-15)16-11-18-9-10-20(16)12-17(21)19(3)4/h5-8,13,16,18H,9-12H2,1-4H3/t16-/m1/s1. The van der Waals surface area contributed by atoms with Gasteiger partial charge in [0.05, 0.1) is 12.6 Å². The number of benzene rings is 1. The Morgan fingerprint density at radius 1 is 1.36 bits per heavy atom. The number of carbonyl (C=O) groups is 1. The fourth-order valence-electron chi connectivity index (χ4n) is 2.62. The molecule has 1 N–H and O–H groups in total. The molecule has 1 atom stereocenters. The van der Waals surface area contributed by atoms with Crippen molar-refractivity contribution in [2.24, 2.45) is 0 Å². The summed E-state index contributed by atoms with van der Waals surface area (Å²) in [6.07, 6.45) is 0.177. The van der Waals surface area contributed by atoms with Crippen LogP contribution in [0.3, 0.4) is 0 Å². The van der Waals surface area contributed by atoms with Crippen LogP contribution >= 0.6 is 0 Å². The maximum Gasteiger partial charge on any atom is 0.236 e. The normalized spacial score (nSPS) is 19.2. The highest BCUT2D eigenvalue weighted by Gasteiger charge is 2.25. The van der Waals surface area contributed by atoms with E-state index in [9.17, 15) is 4.79 Å². The monoisotopic (exact) mass is 305 g/mol. The average Bonchev–Trinajstić information content (AvgIpc) is 2.48. The summed E-state index contributed by atoms with van der Waals surface area (Å²) in [5.41, 5.74) is 1.22. The summed E-state index contributed by atoms with van der Waals surface area (Å²) >= 11 is 0. The molecule has 0 aliphatic carbocycles. The van der Waals surface area contributed by atoms with Crippen molar-refractivity contribution in [3.8, 4) is 5.75 Å². The molecule has 1 saturated heterocycles. The molecular weight excluding hydrogens is 278 g/mol. The quantitative estimate of drug-likeness (QED) is 0.895. The third-order valence-corrected chi connectivity index (χ3v) is 3.83. The molecule has 5 nitrogen and oxygen atoms in total. The molecule has 0 bridgehead atoms. The lowest BCUT2D eigenvalue weighted by Crippen LogP contribution is -2.49. The van der Waals surface area contributed by atoms with Gasteiger partial charge < -0.3 is 15.0 Å². The van der Waals surface area contributed by atoms with Crippen molar-refractivity contribution in [1.29, 1.82) is 0 Å². The predicted octanol–water partition coefficient (Wildman–Crippen LogP) is 1.51. The zero-order chi connectivity index (χ0) is 16.1. The summed E-state index contributed by atoms with van der Waals surface area (Å²) < 4.78 is 5.69. The molecule has 0 unspecified atom stereocenters. The van der Waals surface area contributed by atoms with Crippen LogP contribution in [0.2, 0.25) is 0 Å². The fraction of sp³-hybridized carbons (Fsp3) is 0.588. The Hall–Kier alpha value is -1.59. The first kappa shape index (κ1) is 16.8. The van der Waals surface area contributed by atoms with E-state index in [-0.39, 0.29) is 18.1 Å². The van der Waals surface area contributed by atoms with Crippen molar-refractivity contribution < 1.29 is 9.53 Å². The van der Waals surface area contributed by atoms with Gasteiger partial charge in [0.25, 0.3) is 0 Å². The van der Waals surface area contributed by atoms with Gasteiger partial charge >= 0.3 is 0 Å². The average molecular weight is 305 g/mol. The van der Waals surface area contributed by atoms with Gasteiger partial charge in [0.2, 0.25) is 5.91 Å². The van der Waals surface area contributed by atoms with Gasteiger partial charge in [-0.3, -0.25) is 9.69 Å². The Labute approximate surface area is 133 Å². The van der Waals surface area contributed by atoms with Crippen LogP contribution in [-0.4, -0.2) is 62.1 Å². The number of nitrogens with one attached hydrogen (secondary N) is 1. The zero-order valence-corrected chi connectivity index (χ0v) is 14.0. The van der Waals surface area contributed by atoms with Crippen LogP contribution in [0, 0.1) is 0 Å². The molecular formula is C17H27N3O2. The van der Waals surface area contributed by atoms with Crippen molar-refractivity contribution in [3.05, 3.63) is 29.8 Å². The van der Waals surface area contributed by atoms with Crippen molar-refractivity contribution in [2.75, 3.05) is 40.3 Å². The van der Waals surface area contributed by atoms with E-state index < -0.39 is 0 Å². The lowest BCUT2D eigenvalue weighted by molar-refractivity contribution is -0.130. The lowest BCUT2D eigenvalue weighted by Gasteiger charge is -2.36. The highest BCUT2D eigenvalue weighted by Crippen LogP contribution is 2.24. The molecule has 0 spiro atoms. The number of piperazine rings is 1. The number of amides is 1. The van der Waals surface area contributed by atoms with Crippen molar-refractivity contribution in [2.45, 2.75) is 26.0 Å². The minimum Gasteiger partial charge on any atom is -0.491 e. The van der Waals surface area contributed by atoms with Crippen LogP contribution < -0.4 is 10.1 Å². The Bertz CT molecular complexity index is 485. The highest BCUT2D eigenvalue weighted by molar-refractivity contribution is 5.77. The van der Waals surface area contributed by atoms with Gasteiger partial charge in [-0.1, -0.05) is 12.1 Å². The van der Waals surface area contributed by atoms with Crippen molar-refractivity contribution in [3.63, 3.8) is 0 Å². The maximum absolute atomic E-state index is 12.0. The maximum atomic E-state index is 12.0. The Kier molecular flexibility index (Phi) is 5.80. The predicted molar refractivity (Wildman–Crippen MR) is 88.1 cm³/mol. The summed E-state index contributed by atoms with van der Waals surface area (Å²) in [6, 6.07) is 8.45. The molecule has 2 rings (SSSR count). The van der Waals surface area contributed by atoms with Crippen LogP contribution in [0.5, 0.6) is 5.75 Å². The second-order valence-corrected chi connectivity index (χ2v) is 6.21. The fourth-order valence-corrected chi connectivity index (χ4v) is 2.62. The third-order valence-electron chi connectivity index (χ3n) is 3.83. The summed E-state index contributed by atoms with van der Waals surface area (Å²) in [5.74, 6) is 1.03. The van der Waals surface area contributed by atoms with Gasteiger partial charge in [-0.2, -0.15) is 0 Å². The van der Waals surface area contributed by atoms with E-state index in [4.69, 9.17) is 4.74 Å². The lowest BCUT2D eigenvalue weighted by atomic mass is 10.0. The van der Waals surface area contributed by atoms with E-state index in [2.05, 4.69) is 22.3 Å². The number of likely N-dealkylation sites (N-methyl/N-ethyl adjacent to an activating group) is 1. The van der Waals surface area contributed by atoms with Crippen LogP contribution in [0.15, 0.2) is 24.3 Å². The number of rotatable bonds is 5. The van der Waals surface area contributed by atoms with E-state index in [0.717, 1.165) is 25.4 Å². The van der Waals surface area contributed by atoms with Gasteiger partial charge in [0.1, 0.15) is 5.75 Å². The minimum absolute atomic E-state index is 0.145. The molecule has 122 valence electrons. The first-order valence-electron chi connectivity index (χ1n) is 7.89. The topological polar surface area (TPSA) is 44.8 Å². The van der Waals surface area contributed by atoms with E-state index in [1.165, 1.54) is 5.56 Å². The van der Waals surface area contributed by atoms with Crippen molar-refractivity contribution >= 4 is 5.91 Å². The number of hydrogen-bond acceptors (Lipinski definition) is 4. The SMILES string of the molecule is CC(C)Oc1ccc([C@H]2CNCCN2CC(=O)N(C)C)cc1. The summed E-state index contributed by atoms with van der Waals surface area (Å²) in [6.45, 7) is 7.18. The second kappa shape index (κ2) is 7.61. The first-order valence-corrected chi connectivity index (χ1v) is 7.89. The smallest absolute Gasteiger partial charge is 0.236 e. The number of hydrogen-bond donors (Lipinski definition) is 1. The van der Waals surface area contributed by atoms with E-state index in [1.54, 1.807) is 19.0 Å². The Morgan fingerprint density at radius 3 is 2.64 bits per heavy atom. The molecule has 5 heteroatoms. The van der Waals surface area contributed by atoms with Crippen LogP contribution in [-0.2, 0) is 4.79 Å². The summed E-state index contributed by atoms with van der Waals surface area (Å²) in [4.78, 5) is 15.9. The Morgan fingerprint density at radius 2 is 2.05 bits per heavy atom. The molecule has 1 aliphatic heterocycles. The highest BCUT2D eigenvalue weighted by atomic mass is 16.5. The molecule has 0 aromatic heterocycles. The largest absolute Gasteiger partial charge is 0.491 e. The molecule has 0 saturated carbocycles. The van der Waals surface area contributed by atoms with Gasteiger partial charge in [0.15, 0.2) is 0 Å². The van der Waals surface area contributed by atoms with E-state index in [1.807, 2.05) is 26.0 Å². The third kappa shape index (κ3) is 4.45. The summed E-state index contributed by atoms with van der Waals surface area (Å²) in [7, 11) is 3.61. The van der Waals surface area contributed by atoms with Crippen LogP contribution in [0.4, 0.5) is 0 Å². The van der Waals surface area contributed by atoms with Crippen LogP contribution in [0.25, 0.3) is 0 Å². The second-order valence-electron chi connectivity index (χ2n) is 6.21. The first-order chi connectivity index (χ1) is 10.5. The minimum atomic E-state index is 0.145. The zero-order valence-electron chi connectivity index (χ0n) is 14.0. The molecule has 1 fully saturated rings. The molecule has 1 heterocycles. The number of ether oxygens (including phenoxy) is 1. The summed E-state index contributed by atoms with van der Waals surface area (Å²) in [5, 5.41) is 3.41. The Balaban J connectivity index is 2.08. The van der Waals surface area contributed by atoms with Crippen molar-refractivity contribution in [1.82, 2.24) is 15.1 Å².